The molecular formula is C29H35N3O4. The molecular weight excluding hydrogens is 454 g/mol. The monoisotopic (exact) mass is 489 g/mol. The first-order valence-corrected chi connectivity index (χ1v) is 13.1. The van der Waals surface area contributed by atoms with Crippen LogP contribution >= 0.6 is 0 Å². The average Bonchev–Trinajstić information content (AvgIpc) is 3.49. The van der Waals surface area contributed by atoms with E-state index in [1.165, 1.54) is 4.90 Å². The molecule has 7 nitrogen and oxygen atoms in total. The summed E-state index contributed by atoms with van der Waals surface area (Å²) in [5.74, 6) is -0.847. The Bertz CT molecular complexity index is 1060. The summed E-state index contributed by atoms with van der Waals surface area (Å²) < 4.78 is 0. The second-order valence-electron chi connectivity index (χ2n) is 9.65. The van der Waals surface area contributed by atoms with E-state index < -0.39 is 6.04 Å². The standard InChI is InChI=1S/C29H35N3O4/c1-2-25(27(34)30-22-13-6-7-14-22)31(20-18-21-11-4-3-5-12-21)26(33)17-10-19-32-28(35)23-15-8-9-16-24(23)29(32)36/h3-5,8-9,11-12,15-16,22,25H,2,6-7,10,13-14,17-20H2,1H3,(H,30,34)/t25-/m0/s1. The first kappa shape index (κ1) is 25.6. The first-order valence-electron chi connectivity index (χ1n) is 13.1. The Labute approximate surface area is 212 Å². The van der Waals surface area contributed by atoms with E-state index in [0.29, 0.717) is 36.9 Å². The molecule has 4 rings (SSSR count). The Morgan fingerprint density at radius 1 is 0.972 bits per heavy atom. The number of rotatable bonds is 11. The van der Waals surface area contributed by atoms with Crippen LogP contribution in [0.3, 0.4) is 0 Å². The molecule has 0 aromatic heterocycles. The zero-order valence-electron chi connectivity index (χ0n) is 20.9. The van der Waals surface area contributed by atoms with Crippen LogP contribution in [-0.2, 0) is 16.0 Å². The fourth-order valence-electron chi connectivity index (χ4n) is 5.24. The highest BCUT2D eigenvalue weighted by molar-refractivity contribution is 6.21. The lowest BCUT2D eigenvalue weighted by atomic mass is 10.1. The van der Waals surface area contributed by atoms with Gasteiger partial charge in [-0.3, -0.25) is 24.1 Å². The zero-order chi connectivity index (χ0) is 25.5. The average molecular weight is 490 g/mol. The van der Waals surface area contributed by atoms with Crippen molar-refractivity contribution in [2.24, 2.45) is 0 Å². The van der Waals surface area contributed by atoms with E-state index in [4.69, 9.17) is 0 Å². The summed E-state index contributed by atoms with van der Waals surface area (Å²) in [7, 11) is 0. The Balaban J connectivity index is 1.40. The van der Waals surface area contributed by atoms with Crippen molar-refractivity contribution in [3.05, 3.63) is 71.3 Å². The van der Waals surface area contributed by atoms with Gasteiger partial charge in [-0.2, -0.15) is 0 Å². The number of carbonyl (C=O) groups is 4. The number of carbonyl (C=O) groups excluding carboxylic acids is 4. The van der Waals surface area contributed by atoms with Gasteiger partial charge >= 0.3 is 0 Å². The second kappa shape index (κ2) is 12.0. The minimum Gasteiger partial charge on any atom is -0.352 e. The molecule has 4 amide bonds. The molecule has 36 heavy (non-hydrogen) atoms. The molecule has 1 aliphatic heterocycles. The van der Waals surface area contributed by atoms with Gasteiger partial charge in [-0.05, 0) is 49.8 Å². The highest BCUT2D eigenvalue weighted by Crippen LogP contribution is 2.23. The summed E-state index contributed by atoms with van der Waals surface area (Å²) in [4.78, 5) is 54.8. The molecule has 1 aliphatic carbocycles. The van der Waals surface area contributed by atoms with E-state index in [1.807, 2.05) is 37.3 Å². The summed E-state index contributed by atoms with van der Waals surface area (Å²) in [6, 6.07) is 16.4. The Morgan fingerprint density at radius 2 is 1.58 bits per heavy atom. The molecule has 2 aromatic carbocycles. The molecule has 1 saturated carbocycles. The van der Waals surface area contributed by atoms with Gasteiger partial charge in [-0.25, -0.2) is 0 Å². The van der Waals surface area contributed by atoms with Crippen LogP contribution in [0.15, 0.2) is 54.6 Å². The van der Waals surface area contributed by atoms with E-state index in [0.717, 1.165) is 31.2 Å². The minimum absolute atomic E-state index is 0.0915. The fraction of sp³-hybridized carbons (Fsp3) is 0.448. The van der Waals surface area contributed by atoms with Crippen LogP contribution in [0.25, 0.3) is 0 Å². The molecule has 190 valence electrons. The van der Waals surface area contributed by atoms with Gasteiger partial charge in [0, 0.05) is 25.6 Å². The lowest BCUT2D eigenvalue weighted by Gasteiger charge is -2.31. The van der Waals surface area contributed by atoms with Gasteiger partial charge in [0.2, 0.25) is 11.8 Å². The maximum Gasteiger partial charge on any atom is 0.261 e. The molecule has 0 spiro atoms. The van der Waals surface area contributed by atoms with Crippen LogP contribution in [-0.4, -0.2) is 58.6 Å². The summed E-state index contributed by atoms with van der Waals surface area (Å²) in [5.41, 5.74) is 1.92. The van der Waals surface area contributed by atoms with Gasteiger partial charge in [0.05, 0.1) is 11.1 Å². The Morgan fingerprint density at radius 3 is 2.19 bits per heavy atom. The topological polar surface area (TPSA) is 86.8 Å². The van der Waals surface area contributed by atoms with Crippen molar-refractivity contribution in [3.8, 4) is 0 Å². The third-order valence-electron chi connectivity index (χ3n) is 7.22. The maximum absolute atomic E-state index is 13.4. The third kappa shape index (κ3) is 5.83. The summed E-state index contributed by atoms with van der Waals surface area (Å²) in [5, 5.41) is 3.16. The highest BCUT2D eigenvalue weighted by atomic mass is 16.2. The normalized spacial score (nSPS) is 16.2. The number of nitrogens with one attached hydrogen (secondary N) is 1. The maximum atomic E-state index is 13.4. The molecule has 0 saturated heterocycles. The smallest absolute Gasteiger partial charge is 0.261 e. The van der Waals surface area contributed by atoms with E-state index in [-0.39, 0.29) is 42.6 Å². The van der Waals surface area contributed by atoms with Crippen LogP contribution in [0.2, 0.25) is 0 Å². The minimum atomic E-state index is -0.541. The largest absolute Gasteiger partial charge is 0.352 e. The summed E-state index contributed by atoms with van der Waals surface area (Å²) in [6.45, 7) is 2.54. The number of hydrogen-bond acceptors (Lipinski definition) is 4. The molecule has 0 radical (unpaired) electrons. The van der Waals surface area contributed by atoms with Crippen molar-refractivity contribution < 1.29 is 19.2 Å². The third-order valence-corrected chi connectivity index (χ3v) is 7.22. The van der Waals surface area contributed by atoms with Crippen molar-refractivity contribution in [1.29, 1.82) is 0 Å². The quantitative estimate of drug-likeness (QED) is 0.484. The van der Waals surface area contributed by atoms with Gasteiger partial charge in [-0.15, -0.1) is 0 Å². The molecule has 1 fully saturated rings. The van der Waals surface area contributed by atoms with E-state index in [9.17, 15) is 19.2 Å². The molecule has 1 atom stereocenters. The van der Waals surface area contributed by atoms with Crippen LogP contribution in [0.4, 0.5) is 0 Å². The summed E-state index contributed by atoms with van der Waals surface area (Å²) in [6.07, 6.45) is 5.91. The number of benzene rings is 2. The molecule has 1 N–H and O–H groups in total. The van der Waals surface area contributed by atoms with Crippen molar-refractivity contribution in [1.82, 2.24) is 15.1 Å². The van der Waals surface area contributed by atoms with Crippen LogP contribution < -0.4 is 5.32 Å². The predicted octanol–water partition coefficient (Wildman–Crippen LogP) is 3.97. The van der Waals surface area contributed by atoms with Crippen molar-refractivity contribution >= 4 is 23.6 Å². The lowest BCUT2D eigenvalue weighted by Crippen LogP contribution is -2.52. The van der Waals surface area contributed by atoms with E-state index >= 15 is 0 Å². The molecule has 2 aromatic rings. The molecule has 7 heteroatoms. The molecule has 2 aliphatic rings. The van der Waals surface area contributed by atoms with Crippen LogP contribution in [0, 0.1) is 0 Å². The van der Waals surface area contributed by atoms with Gasteiger partial charge in [0.25, 0.3) is 11.8 Å². The van der Waals surface area contributed by atoms with Gasteiger partial charge < -0.3 is 10.2 Å². The van der Waals surface area contributed by atoms with Crippen LogP contribution in [0.5, 0.6) is 0 Å². The number of imide groups is 1. The number of amides is 4. The van der Waals surface area contributed by atoms with Gasteiger partial charge in [-0.1, -0.05) is 62.2 Å². The van der Waals surface area contributed by atoms with Crippen molar-refractivity contribution in [2.45, 2.75) is 70.4 Å². The lowest BCUT2D eigenvalue weighted by molar-refractivity contribution is -0.141. The van der Waals surface area contributed by atoms with Crippen molar-refractivity contribution in [2.75, 3.05) is 13.1 Å². The van der Waals surface area contributed by atoms with Crippen LogP contribution in [0.1, 0.15) is 78.1 Å². The van der Waals surface area contributed by atoms with Crippen molar-refractivity contribution in [3.63, 3.8) is 0 Å². The SMILES string of the molecule is CC[C@@H](C(=O)NC1CCCC1)N(CCc1ccccc1)C(=O)CCCN1C(=O)c2ccccc2C1=O. The number of nitrogens with zero attached hydrogens (tertiary/aromatic N) is 2. The summed E-state index contributed by atoms with van der Waals surface area (Å²) >= 11 is 0. The Hall–Kier alpha value is -3.48. The number of hydrogen-bond donors (Lipinski definition) is 1. The fourth-order valence-corrected chi connectivity index (χ4v) is 5.24. The molecule has 1 heterocycles. The number of fused-ring (bicyclic) bond motifs is 1. The Kier molecular flexibility index (Phi) is 8.52. The van der Waals surface area contributed by atoms with E-state index in [2.05, 4.69) is 5.32 Å². The van der Waals surface area contributed by atoms with Gasteiger partial charge in [0.15, 0.2) is 0 Å². The predicted molar refractivity (Wildman–Crippen MR) is 137 cm³/mol. The molecule has 0 unspecified atom stereocenters. The first-order chi connectivity index (χ1) is 17.5. The van der Waals surface area contributed by atoms with E-state index in [1.54, 1.807) is 29.2 Å². The van der Waals surface area contributed by atoms with Gasteiger partial charge in [0.1, 0.15) is 6.04 Å². The highest BCUT2D eigenvalue weighted by Gasteiger charge is 2.35. The molecule has 0 bridgehead atoms. The second-order valence-corrected chi connectivity index (χ2v) is 9.65. The zero-order valence-corrected chi connectivity index (χ0v) is 20.9.